The predicted octanol–water partition coefficient (Wildman–Crippen LogP) is 4.83. The monoisotopic (exact) mass is 237 g/mol. The van der Waals surface area contributed by atoms with Crippen LogP contribution in [0.3, 0.4) is 0 Å². The van der Waals surface area contributed by atoms with Gasteiger partial charge in [0, 0.05) is 6.04 Å². The zero-order valence-corrected chi connectivity index (χ0v) is 11.9. The summed E-state index contributed by atoms with van der Waals surface area (Å²) < 4.78 is 0. The molecule has 0 heterocycles. The molecule has 0 aromatic carbocycles. The van der Waals surface area contributed by atoms with Gasteiger partial charge in [-0.25, -0.2) is 0 Å². The molecule has 0 spiro atoms. The molecule has 0 aliphatic heterocycles. The lowest BCUT2D eigenvalue weighted by Gasteiger charge is -2.22. The molecule has 1 aliphatic rings. The second kappa shape index (κ2) is 9.70. The highest BCUT2D eigenvalue weighted by atomic mass is 14.9. The van der Waals surface area contributed by atoms with Gasteiger partial charge in [0.05, 0.1) is 0 Å². The highest BCUT2D eigenvalue weighted by Gasteiger charge is 2.12. The molecular formula is C16H31N. The van der Waals surface area contributed by atoms with Crippen LogP contribution in [-0.4, -0.2) is 13.1 Å². The minimum Gasteiger partial charge on any atom is -0.313 e. The molecule has 0 saturated carbocycles. The van der Waals surface area contributed by atoms with Crippen molar-refractivity contribution in [2.75, 3.05) is 7.05 Å². The number of allylic oxidation sites excluding steroid dienone is 1. The Hall–Kier alpha value is -0.300. The van der Waals surface area contributed by atoms with E-state index >= 15 is 0 Å². The van der Waals surface area contributed by atoms with Gasteiger partial charge in [-0.15, -0.1) is 0 Å². The number of likely N-dealkylation sites (N-methyl/N-ethyl adjacent to an activating group) is 1. The number of hydrogen-bond donors (Lipinski definition) is 1. The van der Waals surface area contributed by atoms with Crippen LogP contribution in [-0.2, 0) is 0 Å². The van der Waals surface area contributed by atoms with E-state index in [9.17, 15) is 0 Å². The van der Waals surface area contributed by atoms with E-state index in [-0.39, 0.29) is 0 Å². The molecule has 1 rings (SSSR count). The first-order valence-electron chi connectivity index (χ1n) is 7.74. The SMILES string of the molecule is CCCCCCC(NC)C1=CCCCCCC1. The topological polar surface area (TPSA) is 12.0 Å². The summed E-state index contributed by atoms with van der Waals surface area (Å²) in [5, 5.41) is 3.53. The Morgan fingerprint density at radius 2 is 1.94 bits per heavy atom. The van der Waals surface area contributed by atoms with Crippen LogP contribution < -0.4 is 5.32 Å². The number of hydrogen-bond acceptors (Lipinski definition) is 1. The minimum atomic E-state index is 0.657. The zero-order chi connectivity index (χ0) is 12.3. The van der Waals surface area contributed by atoms with Gasteiger partial charge < -0.3 is 5.32 Å². The van der Waals surface area contributed by atoms with Crippen LogP contribution in [0.2, 0.25) is 0 Å². The lowest BCUT2D eigenvalue weighted by molar-refractivity contribution is 0.505. The van der Waals surface area contributed by atoms with Crippen LogP contribution in [0.4, 0.5) is 0 Å². The maximum Gasteiger partial charge on any atom is 0.0276 e. The number of nitrogens with one attached hydrogen (secondary N) is 1. The normalized spacial score (nSPS) is 19.3. The molecule has 0 aromatic heterocycles. The summed E-state index contributed by atoms with van der Waals surface area (Å²) in [6.07, 6.45) is 17.7. The molecular weight excluding hydrogens is 206 g/mol. The quantitative estimate of drug-likeness (QED) is 0.494. The van der Waals surface area contributed by atoms with Gasteiger partial charge in [-0.2, -0.15) is 0 Å². The first-order valence-corrected chi connectivity index (χ1v) is 7.74. The third-order valence-electron chi connectivity index (χ3n) is 3.97. The number of unbranched alkanes of at least 4 members (excludes halogenated alkanes) is 3. The lowest BCUT2D eigenvalue weighted by atomic mass is 9.92. The summed E-state index contributed by atoms with van der Waals surface area (Å²) in [5.41, 5.74) is 1.70. The average Bonchev–Trinajstić information content (AvgIpc) is 2.30. The summed E-state index contributed by atoms with van der Waals surface area (Å²) in [6, 6.07) is 0.657. The van der Waals surface area contributed by atoms with E-state index in [1.54, 1.807) is 5.57 Å². The van der Waals surface area contributed by atoms with E-state index in [1.165, 1.54) is 70.6 Å². The van der Waals surface area contributed by atoms with Gasteiger partial charge in [0.15, 0.2) is 0 Å². The molecule has 1 heteroatoms. The van der Waals surface area contributed by atoms with E-state index < -0.39 is 0 Å². The van der Waals surface area contributed by atoms with Crippen molar-refractivity contribution in [1.29, 1.82) is 0 Å². The van der Waals surface area contributed by atoms with Crippen molar-refractivity contribution >= 4 is 0 Å². The Bertz CT molecular complexity index is 208. The summed E-state index contributed by atoms with van der Waals surface area (Å²) in [6.45, 7) is 2.28. The maximum atomic E-state index is 3.53. The molecule has 0 bridgehead atoms. The van der Waals surface area contributed by atoms with Crippen molar-refractivity contribution in [1.82, 2.24) is 5.32 Å². The smallest absolute Gasteiger partial charge is 0.0276 e. The van der Waals surface area contributed by atoms with E-state index in [1.807, 2.05) is 0 Å². The fourth-order valence-electron chi connectivity index (χ4n) is 2.82. The third-order valence-corrected chi connectivity index (χ3v) is 3.97. The van der Waals surface area contributed by atoms with Crippen molar-refractivity contribution in [3.05, 3.63) is 11.6 Å². The second-order valence-electron chi connectivity index (χ2n) is 5.42. The molecule has 0 aromatic rings. The highest BCUT2D eigenvalue weighted by molar-refractivity contribution is 5.11. The standard InChI is InChI=1S/C16H31N/c1-3-4-5-11-14-16(17-2)15-12-9-7-6-8-10-13-15/h12,16-17H,3-11,13-14H2,1-2H3. The Labute approximate surface area is 108 Å². The zero-order valence-electron chi connectivity index (χ0n) is 11.9. The van der Waals surface area contributed by atoms with Crippen molar-refractivity contribution in [2.24, 2.45) is 0 Å². The molecule has 17 heavy (non-hydrogen) atoms. The van der Waals surface area contributed by atoms with Gasteiger partial charge in [0.25, 0.3) is 0 Å². The molecule has 0 amide bonds. The number of rotatable bonds is 7. The van der Waals surface area contributed by atoms with Crippen LogP contribution >= 0.6 is 0 Å². The summed E-state index contributed by atoms with van der Waals surface area (Å²) in [7, 11) is 2.13. The lowest BCUT2D eigenvalue weighted by Crippen LogP contribution is -2.27. The molecule has 1 atom stereocenters. The highest BCUT2D eigenvalue weighted by Crippen LogP contribution is 2.22. The van der Waals surface area contributed by atoms with Gasteiger partial charge in [-0.05, 0) is 39.2 Å². The van der Waals surface area contributed by atoms with Crippen LogP contribution in [0, 0.1) is 0 Å². The van der Waals surface area contributed by atoms with Gasteiger partial charge in [0.2, 0.25) is 0 Å². The van der Waals surface area contributed by atoms with Crippen molar-refractivity contribution in [2.45, 2.75) is 83.6 Å². The first-order chi connectivity index (χ1) is 8.38. The Morgan fingerprint density at radius 3 is 2.71 bits per heavy atom. The molecule has 0 radical (unpaired) electrons. The largest absolute Gasteiger partial charge is 0.313 e. The van der Waals surface area contributed by atoms with Gasteiger partial charge in [0.1, 0.15) is 0 Å². The van der Waals surface area contributed by atoms with Crippen LogP contribution in [0.15, 0.2) is 11.6 Å². The molecule has 1 N–H and O–H groups in total. The summed E-state index contributed by atoms with van der Waals surface area (Å²) in [5.74, 6) is 0. The van der Waals surface area contributed by atoms with Crippen molar-refractivity contribution < 1.29 is 0 Å². The van der Waals surface area contributed by atoms with Gasteiger partial charge in [-0.1, -0.05) is 57.1 Å². The molecule has 1 nitrogen and oxygen atoms in total. The van der Waals surface area contributed by atoms with Gasteiger partial charge >= 0.3 is 0 Å². The molecule has 1 unspecified atom stereocenters. The van der Waals surface area contributed by atoms with Crippen molar-refractivity contribution in [3.8, 4) is 0 Å². The molecule has 0 fully saturated rings. The fourth-order valence-corrected chi connectivity index (χ4v) is 2.82. The second-order valence-corrected chi connectivity index (χ2v) is 5.42. The van der Waals surface area contributed by atoms with Crippen LogP contribution in [0.1, 0.15) is 77.6 Å². The van der Waals surface area contributed by atoms with E-state index in [0.717, 1.165) is 0 Å². The first kappa shape index (κ1) is 14.8. The predicted molar refractivity (Wildman–Crippen MR) is 77.4 cm³/mol. The van der Waals surface area contributed by atoms with Gasteiger partial charge in [-0.3, -0.25) is 0 Å². The molecule has 100 valence electrons. The van der Waals surface area contributed by atoms with Crippen LogP contribution in [0.5, 0.6) is 0 Å². The molecule has 0 saturated heterocycles. The summed E-state index contributed by atoms with van der Waals surface area (Å²) >= 11 is 0. The Kier molecular flexibility index (Phi) is 8.42. The maximum absolute atomic E-state index is 3.53. The van der Waals surface area contributed by atoms with E-state index in [4.69, 9.17) is 0 Å². The Morgan fingerprint density at radius 1 is 1.12 bits per heavy atom. The third kappa shape index (κ3) is 6.26. The minimum absolute atomic E-state index is 0.657. The fraction of sp³-hybridized carbons (Fsp3) is 0.875. The Balaban J connectivity index is 2.35. The summed E-state index contributed by atoms with van der Waals surface area (Å²) in [4.78, 5) is 0. The molecule has 1 aliphatic carbocycles. The van der Waals surface area contributed by atoms with E-state index in [0.29, 0.717) is 6.04 Å². The van der Waals surface area contributed by atoms with Crippen LogP contribution in [0.25, 0.3) is 0 Å². The van der Waals surface area contributed by atoms with Crippen molar-refractivity contribution in [3.63, 3.8) is 0 Å². The van der Waals surface area contributed by atoms with E-state index in [2.05, 4.69) is 25.4 Å². The average molecular weight is 237 g/mol.